The molecule has 1 fully saturated rings. The predicted molar refractivity (Wildman–Crippen MR) is 98.3 cm³/mol. The van der Waals surface area contributed by atoms with Gasteiger partial charge in [-0.25, -0.2) is 0 Å². The third kappa shape index (κ3) is 3.55. The van der Waals surface area contributed by atoms with E-state index >= 15 is 0 Å². The zero-order valence-corrected chi connectivity index (χ0v) is 15.0. The highest BCUT2D eigenvalue weighted by atomic mass is 32.2. The van der Waals surface area contributed by atoms with Crippen molar-refractivity contribution in [3.8, 4) is 5.75 Å². The molecule has 0 spiro atoms. The fourth-order valence-corrected chi connectivity index (χ4v) is 5.39. The van der Waals surface area contributed by atoms with Crippen LogP contribution >= 0.6 is 0 Å². The zero-order valence-electron chi connectivity index (χ0n) is 14.2. The van der Waals surface area contributed by atoms with Crippen molar-refractivity contribution in [3.05, 3.63) is 36.4 Å². The lowest BCUT2D eigenvalue weighted by molar-refractivity contribution is -0.142. The number of hydrogen-bond acceptors (Lipinski definition) is 2. The van der Waals surface area contributed by atoms with Gasteiger partial charge in [0.2, 0.25) is 0 Å². The highest BCUT2D eigenvalue weighted by Gasteiger charge is 2.29. The van der Waals surface area contributed by atoms with Gasteiger partial charge in [-0.15, -0.1) is 0 Å². The van der Waals surface area contributed by atoms with Crippen molar-refractivity contribution in [1.29, 1.82) is 0 Å². The quantitative estimate of drug-likeness (QED) is 0.442. The van der Waals surface area contributed by atoms with Crippen molar-refractivity contribution < 1.29 is 9.53 Å². The number of ether oxygens (including phenoxy) is 1. The maximum atomic E-state index is 12.2. The summed E-state index contributed by atoms with van der Waals surface area (Å²) < 4.78 is 5.70. The molecule has 3 heteroatoms. The Labute approximate surface area is 141 Å². The summed E-state index contributed by atoms with van der Waals surface area (Å²) in [7, 11) is 0.339. The van der Waals surface area contributed by atoms with Gasteiger partial charge in [0.1, 0.15) is 17.3 Å². The Hall–Kier alpha value is -1.48. The fraction of sp³-hybridized carbons (Fsp3) is 0.450. The minimum Gasteiger partial charge on any atom is -0.425 e. The maximum Gasteiger partial charge on any atom is 0.316 e. The van der Waals surface area contributed by atoms with Crippen molar-refractivity contribution >= 4 is 27.6 Å². The number of fused-ring (bicyclic) bond motifs is 1. The standard InChI is InChI=1S/C20H25O2S/c1-20(2,3)19(21)22-17-11-12-18(23-13-7-4-8-14-23)16-10-6-5-9-15(16)17/h5-6,9-12H,4,7-8,13-14H2,1-3H3/q+1. The molecule has 0 saturated carbocycles. The molecule has 0 bridgehead atoms. The number of carbonyl (C=O) groups is 1. The van der Waals surface area contributed by atoms with Gasteiger partial charge in [0.15, 0.2) is 4.90 Å². The van der Waals surface area contributed by atoms with Gasteiger partial charge in [0.25, 0.3) is 0 Å². The summed E-state index contributed by atoms with van der Waals surface area (Å²) in [5, 5.41) is 2.30. The molecule has 0 N–H and O–H groups in total. The molecule has 1 aliphatic heterocycles. The van der Waals surface area contributed by atoms with Crippen LogP contribution in [0.3, 0.4) is 0 Å². The van der Waals surface area contributed by atoms with Gasteiger partial charge in [-0.2, -0.15) is 0 Å². The average molecular weight is 329 g/mol. The van der Waals surface area contributed by atoms with Crippen LogP contribution in [0.15, 0.2) is 41.3 Å². The molecule has 0 atom stereocenters. The van der Waals surface area contributed by atoms with Crippen LogP contribution in [-0.4, -0.2) is 17.5 Å². The number of carbonyl (C=O) groups excluding carboxylic acids is 1. The molecular weight excluding hydrogens is 304 g/mol. The topological polar surface area (TPSA) is 26.3 Å². The van der Waals surface area contributed by atoms with Gasteiger partial charge < -0.3 is 4.74 Å². The first-order valence-corrected chi connectivity index (χ1v) is 9.94. The Morgan fingerprint density at radius 3 is 2.26 bits per heavy atom. The summed E-state index contributed by atoms with van der Waals surface area (Å²) in [6, 6.07) is 12.5. The van der Waals surface area contributed by atoms with E-state index in [1.165, 1.54) is 41.0 Å². The van der Waals surface area contributed by atoms with Gasteiger partial charge in [0, 0.05) is 21.7 Å². The van der Waals surface area contributed by atoms with E-state index < -0.39 is 5.41 Å². The van der Waals surface area contributed by atoms with Gasteiger partial charge in [-0.3, -0.25) is 4.79 Å². The van der Waals surface area contributed by atoms with Crippen LogP contribution in [0.1, 0.15) is 40.0 Å². The SMILES string of the molecule is CC(C)(C)C(=O)Oc1ccc([S+]2CCCCC2)c2ccccc12. The molecule has 0 amide bonds. The molecule has 0 aromatic heterocycles. The van der Waals surface area contributed by atoms with E-state index in [4.69, 9.17) is 4.74 Å². The van der Waals surface area contributed by atoms with Crippen LogP contribution in [0.5, 0.6) is 5.75 Å². The minimum atomic E-state index is -0.495. The molecule has 0 radical (unpaired) electrons. The monoisotopic (exact) mass is 329 g/mol. The van der Waals surface area contributed by atoms with Crippen LogP contribution in [0.4, 0.5) is 0 Å². The van der Waals surface area contributed by atoms with Crippen molar-refractivity contribution in [2.24, 2.45) is 5.41 Å². The third-order valence-corrected chi connectivity index (χ3v) is 6.79. The van der Waals surface area contributed by atoms with E-state index in [2.05, 4.69) is 24.3 Å². The van der Waals surface area contributed by atoms with Gasteiger partial charge in [-0.1, -0.05) is 18.2 Å². The molecule has 3 rings (SSSR count). The summed E-state index contributed by atoms with van der Waals surface area (Å²) in [5.74, 6) is 3.09. The van der Waals surface area contributed by atoms with E-state index in [9.17, 15) is 4.79 Å². The fourth-order valence-electron chi connectivity index (χ4n) is 2.89. The molecule has 2 nitrogen and oxygen atoms in total. The van der Waals surface area contributed by atoms with Gasteiger partial charge in [-0.05, 0) is 58.2 Å². The molecule has 1 aliphatic rings. The van der Waals surface area contributed by atoms with E-state index in [1.807, 2.05) is 32.9 Å². The highest BCUT2D eigenvalue weighted by Crippen LogP contribution is 2.35. The number of esters is 1. The van der Waals surface area contributed by atoms with Crippen LogP contribution in [0.2, 0.25) is 0 Å². The average Bonchev–Trinajstić information content (AvgIpc) is 2.55. The molecule has 23 heavy (non-hydrogen) atoms. The second-order valence-corrected chi connectivity index (χ2v) is 9.45. The van der Waals surface area contributed by atoms with Crippen LogP contribution in [-0.2, 0) is 15.7 Å². The molecule has 0 aliphatic carbocycles. The Morgan fingerprint density at radius 1 is 0.957 bits per heavy atom. The van der Waals surface area contributed by atoms with Crippen molar-refractivity contribution in [2.75, 3.05) is 11.5 Å². The molecule has 122 valence electrons. The lowest BCUT2D eigenvalue weighted by Gasteiger charge is -2.19. The molecular formula is C20H25O2S+. The van der Waals surface area contributed by atoms with Crippen LogP contribution < -0.4 is 4.74 Å². The molecule has 2 aromatic carbocycles. The molecule has 1 heterocycles. The lowest BCUT2D eigenvalue weighted by atomic mass is 9.97. The van der Waals surface area contributed by atoms with Crippen molar-refractivity contribution in [1.82, 2.24) is 0 Å². The second kappa shape index (κ2) is 6.56. The summed E-state index contributed by atoms with van der Waals surface area (Å²) in [6.07, 6.45) is 4.03. The first-order chi connectivity index (χ1) is 11.0. The summed E-state index contributed by atoms with van der Waals surface area (Å²) in [5.41, 5.74) is -0.495. The largest absolute Gasteiger partial charge is 0.425 e. The van der Waals surface area contributed by atoms with Gasteiger partial charge in [0.05, 0.1) is 5.41 Å². The first-order valence-electron chi connectivity index (χ1n) is 8.38. The van der Waals surface area contributed by atoms with Crippen LogP contribution in [0, 0.1) is 5.41 Å². The zero-order chi connectivity index (χ0) is 16.4. The minimum absolute atomic E-state index is 0.185. The Balaban J connectivity index is 2.00. The smallest absolute Gasteiger partial charge is 0.316 e. The second-order valence-electron chi connectivity index (χ2n) is 7.21. The predicted octanol–water partition coefficient (Wildman–Crippen LogP) is 4.95. The molecule has 2 aromatic rings. The van der Waals surface area contributed by atoms with Crippen molar-refractivity contribution in [3.63, 3.8) is 0 Å². The molecule has 0 unspecified atom stereocenters. The van der Waals surface area contributed by atoms with Gasteiger partial charge >= 0.3 is 5.97 Å². The lowest BCUT2D eigenvalue weighted by Crippen LogP contribution is -2.25. The van der Waals surface area contributed by atoms with E-state index in [-0.39, 0.29) is 5.97 Å². The maximum absolute atomic E-state index is 12.2. The molecule has 1 saturated heterocycles. The number of rotatable bonds is 2. The number of benzene rings is 2. The summed E-state index contributed by atoms with van der Waals surface area (Å²) in [6.45, 7) is 5.65. The van der Waals surface area contributed by atoms with E-state index in [1.54, 1.807) is 0 Å². The summed E-state index contributed by atoms with van der Waals surface area (Å²) >= 11 is 0. The van der Waals surface area contributed by atoms with Crippen molar-refractivity contribution in [2.45, 2.75) is 44.9 Å². The van der Waals surface area contributed by atoms with E-state index in [0.717, 1.165) is 5.39 Å². The van der Waals surface area contributed by atoms with Crippen LogP contribution in [0.25, 0.3) is 10.8 Å². The third-order valence-electron chi connectivity index (χ3n) is 4.25. The highest BCUT2D eigenvalue weighted by molar-refractivity contribution is 7.97. The Bertz CT molecular complexity index is 709. The normalized spacial score (nSPS) is 16.5. The Morgan fingerprint density at radius 2 is 1.61 bits per heavy atom. The number of hydrogen-bond donors (Lipinski definition) is 0. The summed E-state index contributed by atoms with van der Waals surface area (Å²) in [4.78, 5) is 13.7. The van der Waals surface area contributed by atoms with E-state index in [0.29, 0.717) is 16.6 Å². The Kier molecular flexibility index (Phi) is 4.67. The first kappa shape index (κ1) is 16.4.